The summed E-state index contributed by atoms with van der Waals surface area (Å²) in [5.74, 6) is 0.429. The summed E-state index contributed by atoms with van der Waals surface area (Å²) in [6.07, 6.45) is 3.01. The molecule has 0 aliphatic carbocycles. The van der Waals surface area contributed by atoms with Crippen molar-refractivity contribution < 1.29 is 0 Å². The van der Waals surface area contributed by atoms with Crippen molar-refractivity contribution in [2.45, 2.75) is 38.3 Å². The molecular formula is C10H15ClN2S. The Balaban J connectivity index is 3.18. The fourth-order valence-electron chi connectivity index (χ4n) is 1.38. The second-order valence-electron chi connectivity index (χ2n) is 3.31. The smallest absolute Gasteiger partial charge is 0.188 e. The third-order valence-corrected chi connectivity index (χ3v) is 3.19. The number of halogens is 1. The number of aryl methyl sites for hydroxylation is 1. The van der Waals surface area contributed by atoms with Gasteiger partial charge in [-0.15, -0.1) is 0 Å². The molecule has 14 heavy (non-hydrogen) atoms. The lowest BCUT2D eigenvalue weighted by molar-refractivity contribution is 0.707. The van der Waals surface area contributed by atoms with Crippen LogP contribution in [-0.4, -0.2) is 16.2 Å². The third-order valence-electron chi connectivity index (χ3n) is 2.36. The molecule has 0 spiro atoms. The molecule has 4 heteroatoms. The predicted octanol–water partition coefficient (Wildman–Crippen LogP) is 3.67. The van der Waals surface area contributed by atoms with Crippen LogP contribution < -0.4 is 0 Å². The minimum Gasteiger partial charge on any atom is -0.228 e. The van der Waals surface area contributed by atoms with Gasteiger partial charge in [0.05, 0.1) is 0 Å². The molecule has 0 aromatic carbocycles. The summed E-state index contributed by atoms with van der Waals surface area (Å²) in [6, 6.07) is 0. The molecule has 0 bridgehead atoms. The van der Waals surface area contributed by atoms with E-state index in [9.17, 15) is 0 Å². The second kappa shape index (κ2) is 4.99. The number of thioether (sulfide) groups is 1. The van der Waals surface area contributed by atoms with Crippen LogP contribution in [-0.2, 0) is 0 Å². The van der Waals surface area contributed by atoms with E-state index in [0.29, 0.717) is 11.1 Å². The maximum Gasteiger partial charge on any atom is 0.188 e. The van der Waals surface area contributed by atoms with E-state index in [-0.39, 0.29) is 0 Å². The Morgan fingerprint density at radius 1 is 1.43 bits per heavy atom. The standard InChI is InChI=1S/C10H15ClN2S/c1-5-6(2)8-7(3)12-10(14-4)13-9(8)11/h6H,5H2,1-4H3. The zero-order valence-corrected chi connectivity index (χ0v) is 10.5. The van der Waals surface area contributed by atoms with Gasteiger partial charge in [-0.2, -0.15) is 0 Å². The molecule has 0 saturated heterocycles. The fourth-order valence-corrected chi connectivity index (χ4v) is 2.24. The second-order valence-corrected chi connectivity index (χ2v) is 4.44. The van der Waals surface area contributed by atoms with Crippen molar-refractivity contribution in [3.63, 3.8) is 0 Å². The molecule has 0 radical (unpaired) electrons. The van der Waals surface area contributed by atoms with Crippen molar-refractivity contribution in [3.8, 4) is 0 Å². The summed E-state index contributed by atoms with van der Waals surface area (Å²) in [5.41, 5.74) is 2.09. The quantitative estimate of drug-likeness (QED) is 0.450. The zero-order chi connectivity index (χ0) is 10.7. The lowest BCUT2D eigenvalue weighted by Gasteiger charge is -2.13. The van der Waals surface area contributed by atoms with Crippen LogP contribution in [0.25, 0.3) is 0 Å². The van der Waals surface area contributed by atoms with Gasteiger partial charge in [0.1, 0.15) is 5.15 Å². The summed E-state index contributed by atoms with van der Waals surface area (Å²) >= 11 is 7.64. The maximum atomic E-state index is 6.12. The highest BCUT2D eigenvalue weighted by Gasteiger charge is 2.14. The number of hydrogen-bond acceptors (Lipinski definition) is 3. The molecule has 0 aliphatic rings. The van der Waals surface area contributed by atoms with E-state index in [1.807, 2.05) is 13.2 Å². The topological polar surface area (TPSA) is 25.8 Å². The molecule has 1 aromatic heterocycles. The molecule has 1 atom stereocenters. The lowest BCUT2D eigenvalue weighted by Crippen LogP contribution is -2.02. The first-order valence-corrected chi connectivity index (χ1v) is 6.28. The number of rotatable bonds is 3. The van der Waals surface area contributed by atoms with Crippen LogP contribution in [0.5, 0.6) is 0 Å². The predicted molar refractivity (Wildman–Crippen MR) is 62.3 cm³/mol. The molecule has 0 N–H and O–H groups in total. The van der Waals surface area contributed by atoms with Crippen LogP contribution in [0.4, 0.5) is 0 Å². The lowest BCUT2D eigenvalue weighted by atomic mass is 9.99. The van der Waals surface area contributed by atoms with Gasteiger partial charge in [-0.05, 0) is 25.5 Å². The highest BCUT2D eigenvalue weighted by molar-refractivity contribution is 7.98. The van der Waals surface area contributed by atoms with Gasteiger partial charge in [0.15, 0.2) is 5.16 Å². The third kappa shape index (κ3) is 2.39. The van der Waals surface area contributed by atoms with E-state index in [4.69, 9.17) is 11.6 Å². The molecule has 1 unspecified atom stereocenters. The van der Waals surface area contributed by atoms with Gasteiger partial charge in [-0.1, -0.05) is 37.2 Å². The largest absolute Gasteiger partial charge is 0.228 e. The summed E-state index contributed by atoms with van der Waals surface area (Å²) in [5, 5.41) is 1.36. The first kappa shape index (κ1) is 11.8. The van der Waals surface area contributed by atoms with Crippen molar-refractivity contribution >= 4 is 23.4 Å². The summed E-state index contributed by atoms with van der Waals surface area (Å²) < 4.78 is 0. The van der Waals surface area contributed by atoms with Gasteiger partial charge in [0, 0.05) is 11.3 Å². The van der Waals surface area contributed by atoms with Crippen LogP contribution in [0, 0.1) is 6.92 Å². The normalized spacial score (nSPS) is 12.9. The Bertz CT molecular complexity index is 305. The number of hydrogen-bond donors (Lipinski definition) is 0. The van der Waals surface area contributed by atoms with Crippen molar-refractivity contribution in [1.29, 1.82) is 0 Å². The van der Waals surface area contributed by atoms with Gasteiger partial charge in [0.25, 0.3) is 0 Å². The minimum absolute atomic E-state index is 0.429. The Hall–Kier alpha value is -0.280. The van der Waals surface area contributed by atoms with E-state index >= 15 is 0 Å². The van der Waals surface area contributed by atoms with E-state index in [1.54, 1.807) is 0 Å². The SMILES string of the molecule is CCC(C)c1c(C)nc(SC)nc1Cl. The van der Waals surface area contributed by atoms with E-state index < -0.39 is 0 Å². The molecule has 0 aliphatic heterocycles. The van der Waals surface area contributed by atoms with Crippen molar-refractivity contribution in [2.24, 2.45) is 0 Å². The van der Waals surface area contributed by atoms with E-state index in [0.717, 1.165) is 22.8 Å². The van der Waals surface area contributed by atoms with Gasteiger partial charge < -0.3 is 0 Å². The monoisotopic (exact) mass is 230 g/mol. The van der Waals surface area contributed by atoms with Gasteiger partial charge in [-0.25, -0.2) is 9.97 Å². The summed E-state index contributed by atoms with van der Waals surface area (Å²) in [6.45, 7) is 6.29. The van der Waals surface area contributed by atoms with Gasteiger partial charge in [-0.3, -0.25) is 0 Å². The zero-order valence-electron chi connectivity index (χ0n) is 8.97. The molecule has 0 fully saturated rings. The van der Waals surface area contributed by atoms with Crippen LogP contribution in [0.2, 0.25) is 5.15 Å². The Kier molecular flexibility index (Phi) is 4.20. The summed E-state index contributed by atoms with van der Waals surface area (Å²) in [7, 11) is 0. The number of nitrogens with zero attached hydrogens (tertiary/aromatic N) is 2. The van der Waals surface area contributed by atoms with Gasteiger partial charge in [0.2, 0.25) is 0 Å². The molecule has 1 heterocycles. The molecular weight excluding hydrogens is 216 g/mol. The molecule has 1 rings (SSSR count). The van der Waals surface area contributed by atoms with Crippen molar-refractivity contribution in [3.05, 3.63) is 16.4 Å². The average Bonchev–Trinajstić information content (AvgIpc) is 2.16. The molecule has 0 amide bonds. The Labute approximate surface area is 94.5 Å². The molecule has 1 aromatic rings. The van der Waals surface area contributed by atoms with Crippen LogP contribution >= 0.6 is 23.4 Å². The van der Waals surface area contributed by atoms with Crippen LogP contribution in [0.3, 0.4) is 0 Å². The molecule has 2 nitrogen and oxygen atoms in total. The molecule has 78 valence electrons. The van der Waals surface area contributed by atoms with Crippen molar-refractivity contribution in [1.82, 2.24) is 9.97 Å². The number of aromatic nitrogens is 2. The fraction of sp³-hybridized carbons (Fsp3) is 0.600. The first-order chi connectivity index (χ1) is 6.60. The van der Waals surface area contributed by atoms with E-state index in [1.165, 1.54) is 11.8 Å². The first-order valence-electron chi connectivity index (χ1n) is 4.68. The highest BCUT2D eigenvalue weighted by Crippen LogP contribution is 2.28. The minimum atomic E-state index is 0.429. The van der Waals surface area contributed by atoms with E-state index in [2.05, 4.69) is 23.8 Å². The van der Waals surface area contributed by atoms with Crippen molar-refractivity contribution in [2.75, 3.05) is 6.26 Å². The van der Waals surface area contributed by atoms with Gasteiger partial charge >= 0.3 is 0 Å². The molecule has 0 saturated carbocycles. The van der Waals surface area contributed by atoms with Crippen LogP contribution in [0.1, 0.15) is 37.4 Å². The van der Waals surface area contributed by atoms with Crippen LogP contribution in [0.15, 0.2) is 5.16 Å². The highest BCUT2D eigenvalue weighted by atomic mass is 35.5. The maximum absolute atomic E-state index is 6.12. The Morgan fingerprint density at radius 3 is 2.50 bits per heavy atom. The average molecular weight is 231 g/mol. The summed E-state index contributed by atoms with van der Waals surface area (Å²) in [4.78, 5) is 8.63. The Morgan fingerprint density at radius 2 is 2.07 bits per heavy atom.